The molecular weight excluding hydrogens is 275 g/mol. The number of halogens is 1. The van der Waals surface area contributed by atoms with Gasteiger partial charge in [-0.3, -0.25) is 5.41 Å². The van der Waals surface area contributed by atoms with Gasteiger partial charge in [0.05, 0.1) is 0 Å². The molecule has 0 aromatic heterocycles. The van der Waals surface area contributed by atoms with Crippen LogP contribution in [0.1, 0.15) is 11.1 Å². The number of nitrogens with two attached hydrogens (primary N) is 1. The zero-order valence-electron chi connectivity index (χ0n) is 11.1. The number of rotatable bonds is 4. The Morgan fingerprint density at radius 3 is 2.76 bits per heavy atom. The van der Waals surface area contributed by atoms with Crippen LogP contribution in [-0.2, 0) is 6.61 Å². The average molecular weight is 288 g/mol. The maximum absolute atomic E-state index is 13.9. The number of amidine groups is 1. The van der Waals surface area contributed by atoms with Crippen molar-refractivity contribution in [1.29, 1.82) is 5.41 Å². The zero-order valence-corrected chi connectivity index (χ0v) is 11.1. The fraction of sp³-hybridized carbons (Fsp3) is 0.133. The molecule has 0 saturated carbocycles. The molecule has 1 aliphatic rings. The molecule has 0 atom stereocenters. The molecule has 3 N–H and O–H groups in total. The number of nitrogens with one attached hydrogen (secondary N) is 1. The van der Waals surface area contributed by atoms with Gasteiger partial charge in [-0.2, -0.15) is 0 Å². The highest BCUT2D eigenvalue weighted by atomic mass is 19.1. The molecule has 6 heteroatoms. The van der Waals surface area contributed by atoms with E-state index in [1.807, 2.05) is 0 Å². The minimum atomic E-state index is -0.455. The van der Waals surface area contributed by atoms with E-state index >= 15 is 0 Å². The third-order valence-corrected chi connectivity index (χ3v) is 3.10. The Balaban J connectivity index is 1.71. The van der Waals surface area contributed by atoms with Crippen molar-refractivity contribution < 1.29 is 18.6 Å². The lowest BCUT2D eigenvalue weighted by Gasteiger charge is -2.09. The van der Waals surface area contributed by atoms with Gasteiger partial charge in [0.2, 0.25) is 6.79 Å². The predicted molar refractivity (Wildman–Crippen MR) is 74.3 cm³/mol. The number of hydrogen-bond donors (Lipinski definition) is 2. The van der Waals surface area contributed by atoms with Crippen LogP contribution in [0.4, 0.5) is 4.39 Å². The first-order valence-electron chi connectivity index (χ1n) is 6.29. The third kappa shape index (κ3) is 2.74. The van der Waals surface area contributed by atoms with E-state index in [0.29, 0.717) is 28.4 Å². The van der Waals surface area contributed by atoms with Gasteiger partial charge in [0.25, 0.3) is 0 Å². The molecule has 2 aromatic carbocycles. The Hall–Kier alpha value is -2.76. The van der Waals surface area contributed by atoms with Gasteiger partial charge in [-0.05, 0) is 18.2 Å². The van der Waals surface area contributed by atoms with Crippen molar-refractivity contribution in [2.75, 3.05) is 6.79 Å². The fourth-order valence-corrected chi connectivity index (χ4v) is 1.96. The number of ether oxygens (including phenoxy) is 3. The highest BCUT2D eigenvalue weighted by Gasteiger charge is 2.14. The number of fused-ring (bicyclic) bond motifs is 1. The lowest BCUT2D eigenvalue weighted by molar-refractivity contribution is 0.173. The zero-order chi connectivity index (χ0) is 14.8. The second-order valence-electron chi connectivity index (χ2n) is 4.52. The van der Waals surface area contributed by atoms with Gasteiger partial charge in [-0.25, -0.2) is 4.39 Å². The number of benzene rings is 2. The van der Waals surface area contributed by atoms with Crippen molar-refractivity contribution >= 4 is 5.84 Å². The van der Waals surface area contributed by atoms with Gasteiger partial charge >= 0.3 is 0 Å². The normalized spacial score (nSPS) is 12.2. The molecule has 2 aromatic rings. The Morgan fingerprint density at radius 2 is 2.00 bits per heavy atom. The van der Waals surface area contributed by atoms with E-state index < -0.39 is 5.82 Å². The maximum atomic E-state index is 13.9. The Bertz CT molecular complexity index is 703. The van der Waals surface area contributed by atoms with Gasteiger partial charge in [0.1, 0.15) is 24.0 Å². The first kappa shape index (κ1) is 13.2. The van der Waals surface area contributed by atoms with Crippen molar-refractivity contribution in [3.8, 4) is 17.2 Å². The molecule has 5 nitrogen and oxygen atoms in total. The van der Waals surface area contributed by atoms with E-state index in [9.17, 15) is 4.39 Å². The number of nitrogen functional groups attached to an aromatic ring is 1. The molecule has 0 amide bonds. The van der Waals surface area contributed by atoms with Gasteiger partial charge in [0.15, 0.2) is 11.5 Å². The molecular formula is C15H13FN2O3. The largest absolute Gasteiger partial charge is 0.489 e. The van der Waals surface area contributed by atoms with Crippen molar-refractivity contribution in [3.63, 3.8) is 0 Å². The monoisotopic (exact) mass is 288 g/mol. The van der Waals surface area contributed by atoms with Crippen LogP contribution in [0.5, 0.6) is 17.2 Å². The summed E-state index contributed by atoms with van der Waals surface area (Å²) in [7, 11) is 0. The SMILES string of the molecule is N=C(N)c1ccc(COc2ccc3c(c2)OCO3)c(F)c1. The van der Waals surface area contributed by atoms with Crippen molar-refractivity contribution in [3.05, 3.63) is 53.3 Å². The van der Waals surface area contributed by atoms with Crippen LogP contribution in [0.2, 0.25) is 0 Å². The Morgan fingerprint density at radius 1 is 1.19 bits per heavy atom. The predicted octanol–water partition coefficient (Wildman–Crippen LogP) is 2.42. The van der Waals surface area contributed by atoms with Gasteiger partial charge in [-0.1, -0.05) is 12.1 Å². The maximum Gasteiger partial charge on any atom is 0.231 e. The van der Waals surface area contributed by atoms with E-state index in [2.05, 4.69) is 0 Å². The van der Waals surface area contributed by atoms with E-state index in [4.69, 9.17) is 25.4 Å². The van der Waals surface area contributed by atoms with Crippen LogP contribution < -0.4 is 19.9 Å². The summed E-state index contributed by atoms with van der Waals surface area (Å²) in [6.45, 7) is 0.267. The van der Waals surface area contributed by atoms with Gasteiger partial charge in [-0.15, -0.1) is 0 Å². The minimum absolute atomic E-state index is 0.0731. The summed E-state index contributed by atoms with van der Waals surface area (Å²) >= 11 is 0. The first-order chi connectivity index (χ1) is 10.1. The summed E-state index contributed by atoms with van der Waals surface area (Å²) in [5, 5.41) is 7.26. The van der Waals surface area contributed by atoms with Crippen LogP contribution in [0.25, 0.3) is 0 Å². The Kier molecular flexibility index (Phi) is 3.35. The van der Waals surface area contributed by atoms with Crippen LogP contribution in [0.15, 0.2) is 36.4 Å². The summed E-state index contributed by atoms with van der Waals surface area (Å²) in [5.41, 5.74) is 6.04. The van der Waals surface area contributed by atoms with Gasteiger partial charge in [0, 0.05) is 17.2 Å². The highest BCUT2D eigenvalue weighted by molar-refractivity contribution is 5.94. The standard InChI is InChI=1S/C15H13FN2O3/c16-12-5-9(15(17)18)1-2-10(12)7-19-11-3-4-13-14(6-11)21-8-20-13/h1-6H,7-8H2,(H3,17,18). The summed E-state index contributed by atoms with van der Waals surface area (Å²) in [4.78, 5) is 0. The lowest BCUT2D eigenvalue weighted by atomic mass is 10.1. The molecule has 0 unspecified atom stereocenters. The molecule has 1 heterocycles. The van der Waals surface area contributed by atoms with Crippen LogP contribution in [0, 0.1) is 11.2 Å². The average Bonchev–Trinajstić information content (AvgIpc) is 2.93. The highest BCUT2D eigenvalue weighted by Crippen LogP contribution is 2.35. The first-order valence-corrected chi connectivity index (χ1v) is 6.29. The lowest BCUT2D eigenvalue weighted by Crippen LogP contribution is -2.12. The molecule has 1 aliphatic heterocycles. The van der Waals surface area contributed by atoms with Crippen molar-refractivity contribution in [2.24, 2.45) is 5.73 Å². The molecule has 3 rings (SSSR count). The van der Waals surface area contributed by atoms with Crippen molar-refractivity contribution in [2.45, 2.75) is 6.61 Å². The molecule has 108 valence electrons. The second kappa shape index (κ2) is 5.32. The minimum Gasteiger partial charge on any atom is -0.489 e. The topological polar surface area (TPSA) is 77.6 Å². The van der Waals surface area contributed by atoms with E-state index in [1.54, 1.807) is 30.3 Å². The quantitative estimate of drug-likeness (QED) is 0.669. The summed E-state index contributed by atoms with van der Waals surface area (Å²) in [6, 6.07) is 9.54. The van der Waals surface area contributed by atoms with Crippen LogP contribution in [-0.4, -0.2) is 12.6 Å². The second-order valence-corrected chi connectivity index (χ2v) is 4.52. The molecule has 0 bridgehead atoms. The summed E-state index contributed by atoms with van der Waals surface area (Å²) < 4.78 is 29.8. The smallest absolute Gasteiger partial charge is 0.231 e. The molecule has 0 spiro atoms. The van der Waals surface area contributed by atoms with E-state index in [0.717, 1.165) is 0 Å². The van der Waals surface area contributed by atoms with Crippen molar-refractivity contribution in [1.82, 2.24) is 0 Å². The third-order valence-electron chi connectivity index (χ3n) is 3.10. The molecule has 0 fully saturated rings. The fourth-order valence-electron chi connectivity index (χ4n) is 1.96. The Labute approximate surface area is 120 Å². The molecule has 0 radical (unpaired) electrons. The van der Waals surface area contributed by atoms with Crippen LogP contribution >= 0.6 is 0 Å². The number of hydrogen-bond acceptors (Lipinski definition) is 4. The van der Waals surface area contributed by atoms with E-state index in [-0.39, 0.29) is 19.2 Å². The van der Waals surface area contributed by atoms with E-state index in [1.165, 1.54) is 6.07 Å². The summed E-state index contributed by atoms with van der Waals surface area (Å²) in [6.07, 6.45) is 0. The molecule has 21 heavy (non-hydrogen) atoms. The molecule has 0 saturated heterocycles. The summed E-state index contributed by atoms with van der Waals surface area (Å²) in [5.74, 6) is 1.22. The molecule has 0 aliphatic carbocycles. The van der Waals surface area contributed by atoms with Crippen LogP contribution in [0.3, 0.4) is 0 Å². The van der Waals surface area contributed by atoms with Gasteiger partial charge < -0.3 is 19.9 Å².